The number of hydrogen-bond acceptors (Lipinski definition) is 6. The zero-order valence-corrected chi connectivity index (χ0v) is 14.1. The Kier molecular flexibility index (Phi) is 5.08. The molecular weight excluding hydrogens is 296 g/mol. The van der Waals surface area contributed by atoms with Crippen LogP contribution in [0.4, 0.5) is 10.6 Å². The van der Waals surface area contributed by atoms with Crippen molar-refractivity contribution in [2.24, 2.45) is 5.16 Å². The van der Waals surface area contributed by atoms with Crippen LogP contribution >= 0.6 is 0 Å². The molecule has 1 saturated heterocycles. The predicted octanol–water partition coefficient (Wildman–Crippen LogP) is 2.26. The predicted molar refractivity (Wildman–Crippen MR) is 88.4 cm³/mol. The molecule has 0 atom stereocenters. The Morgan fingerprint density at radius 1 is 1.35 bits per heavy atom. The van der Waals surface area contributed by atoms with E-state index in [4.69, 9.17) is 9.94 Å². The van der Waals surface area contributed by atoms with Crippen LogP contribution in [0, 0.1) is 6.92 Å². The fourth-order valence-corrected chi connectivity index (χ4v) is 2.48. The van der Waals surface area contributed by atoms with Crippen LogP contribution in [0.25, 0.3) is 0 Å². The van der Waals surface area contributed by atoms with E-state index in [1.165, 1.54) is 6.21 Å². The topological polar surface area (TPSA) is 78.3 Å². The number of ether oxygens (including phenoxy) is 1. The SMILES string of the molecule is Cc1cc(/C=N/O)cnc1N1CCN(C(=O)OC(C)(C)C)CC1. The Morgan fingerprint density at radius 3 is 2.52 bits per heavy atom. The first-order valence-electron chi connectivity index (χ1n) is 7.67. The van der Waals surface area contributed by atoms with Gasteiger partial charge in [-0.1, -0.05) is 5.16 Å². The summed E-state index contributed by atoms with van der Waals surface area (Å²) in [6.45, 7) is 10.2. The largest absolute Gasteiger partial charge is 0.444 e. The molecule has 0 saturated carbocycles. The molecule has 1 aliphatic heterocycles. The molecule has 1 aliphatic rings. The van der Waals surface area contributed by atoms with Gasteiger partial charge in [0.1, 0.15) is 11.4 Å². The maximum atomic E-state index is 12.1. The Morgan fingerprint density at radius 2 is 2.00 bits per heavy atom. The number of oxime groups is 1. The lowest BCUT2D eigenvalue weighted by molar-refractivity contribution is 0.0240. The van der Waals surface area contributed by atoms with Crippen molar-refractivity contribution in [1.82, 2.24) is 9.88 Å². The molecule has 7 heteroatoms. The second kappa shape index (κ2) is 6.85. The van der Waals surface area contributed by atoms with Crippen molar-refractivity contribution in [2.45, 2.75) is 33.3 Å². The number of nitrogens with zero attached hydrogens (tertiary/aromatic N) is 4. The summed E-state index contributed by atoms with van der Waals surface area (Å²) in [5.41, 5.74) is 1.28. The summed E-state index contributed by atoms with van der Waals surface area (Å²) in [6, 6.07) is 1.92. The zero-order valence-electron chi connectivity index (χ0n) is 14.1. The second-order valence-corrected chi connectivity index (χ2v) is 6.61. The molecule has 7 nitrogen and oxygen atoms in total. The third-order valence-electron chi connectivity index (χ3n) is 3.51. The summed E-state index contributed by atoms with van der Waals surface area (Å²) in [7, 11) is 0. The normalized spacial score (nSPS) is 16.0. The maximum absolute atomic E-state index is 12.1. The molecule has 1 aromatic rings. The summed E-state index contributed by atoms with van der Waals surface area (Å²) in [5, 5.41) is 11.6. The highest BCUT2D eigenvalue weighted by atomic mass is 16.6. The van der Waals surface area contributed by atoms with Crippen LogP contribution < -0.4 is 4.90 Å². The molecule has 0 radical (unpaired) electrons. The number of amides is 1. The molecule has 2 heterocycles. The molecule has 1 N–H and O–H groups in total. The summed E-state index contributed by atoms with van der Waals surface area (Å²) in [5.74, 6) is 0.893. The minimum Gasteiger partial charge on any atom is -0.444 e. The van der Waals surface area contributed by atoms with Crippen molar-refractivity contribution >= 4 is 18.1 Å². The molecule has 2 rings (SSSR count). The first-order chi connectivity index (χ1) is 10.8. The second-order valence-electron chi connectivity index (χ2n) is 6.61. The minimum atomic E-state index is -0.476. The van der Waals surface area contributed by atoms with E-state index in [9.17, 15) is 4.79 Å². The molecule has 126 valence electrons. The van der Waals surface area contributed by atoms with Crippen molar-refractivity contribution in [2.75, 3.05) is 31.1 Å². The van der Waals surface area contributed by atoms with E-state index < -0.39 is 5.60 Å². The number of aromatic nitrogens is 1. The summed E-state index contributed by atoms with van der Waals surface area (Å²) >= 11 is 0. The number of hydrogen-bond donors (Lipinski definition) is 1. The van der Waals surface area contributed by atoms with Gasteiger partial charge in [0.2, 0.25) is 0 Å². The summed E-state index contributed by atoms with van der Waals surface area (Å²) in [4.78, 5) is 20.4. The minimum absolute atomic E-state index is 0.267. The molecule has 0 spiro atoms. The fraction of sp³-hybridized carbons (Fsp3) is 0.562. The van der Waals surface area contributed by atoms with Crippen molar-refractivity contribution < 1.29 is 14.7 Å². The Labute approximate surface area is 136 Å². The van der Waals surface area contributed by atoms with Crippen molar-refractivity contribution in [3.63, 3.8) is 0 Å². The third-order valence-corrected chi connectivity index (χ3v) is 3.51. The van der Waals surface area contributed by atoms with Crippen molar-refractivity contribution in [1.29, 1.82) is 0 Å². The lowest BCUT2D eigenvalue weighted by Gasteiger charge is -2.36. The smallest absolute Gasteiger partial charge is 0.410 e. The molecule has 0 aromatic carbocycles. The standard InChI is InChI=1S/C16H24N4O3/c1-12-9-13(11-18-22)10-17-14(12)19-5-7-20(8-6-19)15(21)23-16(2,3)4/h9-11,22H,5-8H2,1-4H3/b18-11+. The molecule has 1 aromatic heterocycles. The van der Waals surface area contributed by atoms with E-state index in [0.29, 0.717) is 26.2 Å². The quantitative estimate of drug-likeness (QED) is 0.514. The highest BCUT2D eigenvalue weighted by Gasteiger charge is 2.26. The van der Waals surface area contributed by atoms with Crippen LogP contribution in [0.1, 0.15) is 31.9 Å². The van der Waals surface area contributed by atoms with Crippen LogP contribution in [-0.4, -0.2) is 59.2 Å². The average Bonchev–Trinajstić information content (AvgIpc) is 2.46. The highest BCUT2D eigenvalue weighted by Crippen LogP contribution is 2.20. The van der Waals surface area contributed by atoms with Gasteiger partial charge in [0.15, 0.2) is 0 Å². The monoisotopic (exact) mass is 320 g/mol. The van der Waals surface area contributed by atoms with Crippen LogP contribution in [-0.2, 0) is 4.74 Å². The van der Waals surface area contributed by atoms with E-state index in [0.717, 1.165) is 16.9 Å². The van der Waals surface area contributed by atoms with Gasteiger partial charge in [0, 0.05) is 37.9 Å². The number of carbonyl (C=O) groups excluding carboxylic acids is 1. The van der Waals surface area contributed by atoms with Gasteiger partial charge in [-0.15, -0.1) is 0 Å². The first-order valence-corrected chi connectivity index (χ1v) is 7.67. The average molecular weight is 320 g/mol. The Bertz CT molecular complexity index is 587. The van der Waals surface area contributed by atoms with E-state index in [1.807, 2.05) is 33.8 Å². The van der Waals surface area contributed by atoms with E-state index in [-0.39, 0.29) is 6.09 Å². The summed E-state index contributed by atoms with van der Waals surface area (Å²) in [6.07, 6.45) is 2.75. The van der Waals surface area contributed by atoms with Crippen LogP contribution in [0.15, 0.2) is 17.4 Å². The Hall–Kier alpha value is -2.31. The third kappa shape index (κ3) is 4.58. The maximum Gasteiger partial charge on any atom is 0.410 e. The van der Waals surface area contributed by atoms with Gasteiger partial charge in [-0.25, -0.2) is 9.78 Å². The molecule has 0 unspecified atom stereocenters. The van der Waals surface area contributed by atoms with Gasteiger partial charge >= 0.3 is 6.09 Å². The number of carbonyl (C=O) groups is 1. The molecule has 0 bridgehead atoms. The lowest BCUT2D eigenvalue weighted by Crippen LogP contribution is -2.50. The van der Waals surface area contributed by atoms with E-state index in [1.54, 1.807) is 11.1 Å². The number of rotatable bonds is 2. The van der Waals surface area contributed by atoms with Crippen molar-refractivity contribution in [3.8, 4) is 0 Å². The van der Waals surface area contributed by atoms with Crippen molar-refractivity contribution in [3.05, 3.63) is 23.4 Å². The summed E-state index contributed by atoms with van der Waals surface area (Å²) < 4.78 is 5.40. The molecule has 1 fully saturated rings. The van der Waals surface area contributed by atoms with Gasteiger partial charge in [-0.05, 0) is 39.3 Å². The van der Waals surface area contributed by atoms with Gasteiger partial charge in [0.05, 0.1) is 6.21 Å². The van der Waals surface area contributed by atoms with Gasteiger partial charge in [0.25, 0.3) is 0 Å². The van der Waals surface area contributed by atoms with Crippen LogP contribution in [0.2, 0.25) is 0 Å². The number of aryl methyl sites for hydroxylation is 1. The van der Waals surface area contributed by atoms with Crippen LogP contribution in [0.5, 0.6) is 0 Å². The highest BCUT2D eigenvalue weighted by molar-refractivity contribution is 5.79. The number of anilines is 1. The molecule has 0 aliphatic carbocycles. The number of pyridine rings is 1. The Balaban J connectivity index is 1.98. The number of piperazine rings is 1. The van der Waals surface area contributed by atoms with E-state index >= 15 is 0 Å². The fourth-order valence-electron chi connectivity index (χ4n) is 2.48. The van der Waals surface area contributed by atoms with Crippen LogP contribution in [0.3, 0.4) is 0 Å². The van der Waals surface area contributed by atoms with Gasteiger partial charge in [-0.3, -0.25) is 0 Å². The molecule has 1 amide bonds. The van der Waals surface area contributed by atoms with Gasteiger partial charge in [-0.2, -0.15) is 0 Å². The van der Waals surface area contributed by atoms with E-state index in [2.05, 4.69) is 15.0 Å². The molecular formula is C16H24N4O3. The molecule has 23 heavy (non-hydrogen) atoms. The van der Waals surface area contributed by atoms with Gasteiger partial charge < -0.3 is 19.7 Å². The zero-order chi connectivity index (χ0) is 17.0. The lowest BCUT2D eigenvalue weighted by atomic mass is 10.2. The first kappa shape index (κ1) is 17.1.